The Bertz CT molecular complexity index is 1780. The lowest BCUT2D eigenvalue weighted by Gasteiger charge is -2.23. The number of nitrogens with two attached hydrogens (primary N) is 1. The van der Waals surface area contributed by atoms with Crippen LogP contribution in [0.3, 0.4) is 0 Å². The predicted molar refractivity (Wildman–Crippen MR) is 167 cm³/mol. The lowest BCUT2D eigenvalue weighted by Crippen LogP contribution is -2.42. The van der Waals surface area contributed by atoms with Gasteiger partial charge in [0, 0.05) is 29.6 Å². The standard InChI is InChI=1S/C33H38N4O5S/c1-21-12-13-26(17-22(21)2)42-31-15-14-27(18-23(31)3)43(40,41)37-30(19-25-20-35-29-11-6-5-10-28(25)29)32(38)36(33(37)39)24(4)9-7-8-16-34/h5-6,10-15,17-18,20,24,30,35H,7-9,16,19,34H2,1-4H3. The molecule has 3 aromatic carbocycles. The van der Waals surface area contributed by atoms with E-state index in [1.165, 1.54) is 12.1 Å². The largest absolute Gasteiger partial charge is 0.457 e. The summed E-state index contributed by atoms with van der Waals surface area (Å²) in [4.78, 5) is 31.9. The van der Waals surface area contributed by atoms with Gasteiger partial charge in [-0.15, -0.1) is 0 Å². The van der Waals surface area contributed by atoms with Crippen LogP contribution in [0.2, 0.25) is 0 Å². The van der Waals surface area contributed by atoms with E-state index in [1.807, 2.05) is 56.3 Å². The number of benzene rings is 3. The summed E-state index contributed by atoms with van der Waals surface area (Å²) in [5.74, 6) is 0.613. The van der Waals surface area contributed by atoms with Crippen LogP contribution in [-0.2, 0) is 21.2 Å². The Morgan fingerprint density at radius 1 is 0.953 bits per heavy atom. The number of rotatable bonds is 11. The van der Waals surface area contributed by atoms with Crippen molar-refractivity contribution in [2.24, 2.45) is 5.73 Å². The van der Waals surface area contributed by atoms with E-state index in [1.54, 1.807) is 26.1 Å². The van der Waals surface area contributed by atoms with Crippen molar-refractivity contribution in [3.63, 3.8) is 0 Å². The van der Waals surface area contributed by atoms with Gasteiger partial charge in [0.05, 0.1) is 4.90 Å². The molecule has 1 fully saturated rings. The van der Waals surface area contributed by atoms with Gasteiger partial charge in [-0.3, -0.25) is 9.69 Å². The predicted octanol–water partition coefficient (Wildman–Crippen LogP) is 5.97. The number of imide groups is 1. The van der Waals surface area contributed by atoms with E-state index in [0.717, 1.165) is 49.6 Å². The number of unbranched alkanes of at least 4 members (excludes halogenated alkanes) is 1. The zero-order valence-electron chi connectivity index (χ0n) is 25.0. The SMILES string of the molecule is Cc1ccc(Oc2ccc(S(=O)(=O)N3C(=O)N(C(C)CCCCN)C(=O)C3Cc3c[nH]c4ccccc34)cc2C)cc1C. The minimum atomic E-state index is -4.41. The fourth-order valence-corrected chi connectivity index (χ4v) is 7.16. The molecule has 2 atom stereocenters. The Labute approximate surface area is 252 Å². The van der Waals surface area contributed by atoms with Crippen molar-refractivity contribution in [1.82, 2.24) is 14.2 Å². The van der Waals surface area contributed by atoms with Crippen molar-refractivity contribution in [2.45, 2.75) is 70.4 Å². The third-order valence-electron chi connectivity index (χ3n) is 8.21. The minimum absolute atomic E-state index is 0.0484. The molecule has 2 unspecified atom stereocenters. The first-order chi connectivity index (χ1) is 20.5. The number of sulfonamides is 1. The van der Waals surface area contributed by atoms with Gasteiger partial charge in [0.15, 0.2) is 0 Å². The molecule has 0 radical (unpaired) electrons. The van der Waals surface area contributed by atoms with Crippen molar-refractivity contribution in [1.29, 1.82) is 0 Å². The molecule has 226 valence electrons. The molecule has 0 aliphatic carbocycles. The normalized spacial score (nSPS) is 16.3. The van der Waals surface area contributed by atoms with Crippen molar-refractivity contribution in [3.8, 4) is 11.5 Å². The fourth-order valence-electron chi connectivity index (χ4n) is 5.58. The van der Waals surface area contributed by atoms with E-state index in [9.17, 15) is 18.0 Å². The molecule has 0 bridgehead atoms. The molecular formula is C33H38N4O5S. The monoisotopic (exact) mass is 602 g/mol. The second-order valence-corrected chi connectivity index (χ2v) is 13.1. The van der Waals surface area contributed by atoms with Gasteiger partial charge in [-0.25, -0.2) is 17.5 Å². The van der Waals surface area contributed by atoms with Gasteiger partial charge in [0.25, 0.3) is 15.9 Å². The molecular weight excluding hydrogens is 564 g/mol. The van der Waals surface area contributed by atoms with Crippen LogP contribution in [0.1, 0.15) is 48.4 Å². The Hall–Kier alpha value is -4.15. The van der Waals surface area contributed by atoms with E-state index in [4.69, 9.17) is 10.5 Å². The van der Waals surface area contributed by atoms with Gasteiger partial charge in [-0.2, -0.15) is 0 Å². The molecule has 2 heterocycles. The Balaban J connectivity index is 1.49. The van der Waals surface area contributed by atoms with Crippen molar-refractivity contribution < 1.29 is 22.7 Å². The molecule has 3 N–H and O–H groups in total. The molecule has 43 heavy (non-hydrogen) atoms. The summed E-state index contributed by atoms with van der Waals surface area (Å²) >= 11 is 0. The Morgan fingerprint density at radius 2 is 1.72 bits per heavy atom. The van der Waals surface area contributed by atoms with E-state index < -0.39 is 34.0 Å². The van der Waals surface area contributed by atoms with Crippen molar-refractivity contribution >= 4 is 32.9 Å². The van der Waals surface area contributed by atoms with Gasteiger partial charge in [0.2, 0.25) is 0 Å². The highest BCUT2D eigenvalue weighted by molar-refractivity contribution is 7.89. The van der Waals surface area contributed by atoms with Crippen LogP contribution in [0.4, 0.5) is 4.79 Å². The topological polar surface area (TPSA) is 126 Å². The number of hydrogen-bond acceptors (Lipinski definition) is 6. The number of nitrogens with one attached hydrogen (secondary N) is 1. The lowest BCUT2D eigenvalue weighted by atomic mass is 10.0. The number of carbonyl (C=O) groups excluding carboxylic acids is 2. The summed E-state index contributed by atoms with van der Waals surface area (Å²) in [6, 6.07) is 15.3. The van der Waals surface area contributed by atoms with Gasteiger partial charge >= 0.3 is 6.03 Å². The van der Waals surface area contributed by atoms with E-state index in [-0.39, 0.29) is 11.3 Å². The first-order valence-electron chi connectivity index (χ1n) is 14.5. The summed E-state index contributed by atoms with van der Waals surface area (Å²) in [5, 5.41) is 0.873. The third kappa shape index (κ3) is 5.89. The van der Waals surface area contributed by atoms with Crippen LogP contribution >= 0.6 is 0 Å². The lowest BCUT2D eigenvalue weighted by molar-refractivity contribution is -0.129. The number of carbonyl (C=O) groups is 2. The summed E-state index contributed by atoms with van der Waals surface area (Å²) in [5.41, 5.74) is 10.1. The summed E-state index contributed by atoms with van der Waals surface area (Å²) in [7, 11) is -4.41. The Kier molecular flexibility index (Phi) is 8.62. The molecule has 3 amide bonds. The highest BCUT2D eigenvalue weighted by Crippen LogP contribution is 2.34. The second kappa shape index (κ2) is 12.2. The number of nitrogens with zero attached hydrogens (tertiary/aromatic N) is 2. The molecule has 0 saturated carbocycles. The zero-order valence-corrected chi connectivity index (χ0v) is 25.8. The molecule has 1 saturated heterocycles. The van der Waals surface area contributed by atoms with Crippen LogP contribution in [0, 0.1) is 20.8 Å². The van der Waals surface area contributed by atoms with Crippen molar-refractivity contribution in [2.75, 3.05) is 6.54 Å². The first kappa shape index (κ1) is 30.3. The highest BCUT2D eigenvalue weighted by atomic mass is 32.2. The smallest absolute Gasteiger partial charge is 0.341 e. The highest BCUT2D eigenvalue weighted by Gasteiger charge is 2.52. The molecule has 5 rings (SSSR count). The number of amides is 3. The van der Waals surface area contributed by atoms with Crippen LogP contribution in [0.15, 0.2) is 71.8 Å². The number of ether oxygens (including phenoxy) is 1. The average molecular weight is 603 g/mol. The molecule has 10 heteroatoms. The number of aryl methyl sites for hydroxylation is 3. The van der Waals surface area contributed by atoms with E-state index in [2.05, 4.69) is 4.98 Å². The molecule has 9 nitrogen and oxygen atoms in total. The molecule has 1 aromatic heterocycles. The van der Waals surface area contributed by atoms with Crippen LogP contribution in [0.25, 0.3) is 10.9 Å². The van der Waals surface area contributed by atoms with Gasteiger partial charge in [-0.1, -0.05) is 30.7 Å². The van der Waals surface area contributed by atoms with Gasteiger partial charge in [0.1, 0.15) is 17.5 Å². The van der Waals surface area contributed by atoms with Gasteiger partial charge in [-0.05, 0) is 106 Å². The third-order valence-corrected chi connectivity index (χ3v) is 9.99. The van der Waals surface area contributed by atoms with E-state index >= 15 is 0 Å². The van der Waals surface area contributed by atoms with Crippen LogP contribution in [-0.4, -0.2) is 53.2 Å². The molecule has 1 aliphatic heterocycles. The van der Waals surface area contributed by atoms with Gasteiger partial charge < -0.3 is 15.5 Å². The number of para-hydroxylation sites is 1. The summed E-state index contributed by atoms with van der Waals surface area (Å²) in [6.07, 6.45) is 3.81. The number of aromatic amines is 1. The van der Waals surface area contributed by atoms with Crippen molar-refractivity contribution in [3.05, 3.63) is 89.1 Å². The second-order valence-electron chi connectivity index (χ2n) is 11.3. The first-order valence-corrected chi connectivity index (χ1v) is 16.0. The number of urea groups is 1. The minimum Gasteiger partial charge on any atom is -0.457 e. The maximum absolute atomic E-state index is 14.2. The summed E-state index contributed by atoms with van der Waals surface area (Å²) in [6.45, 7) is 8.03. The quantitative estimate of drug-likeness (QED) is 0.161. The van der Waals surface area contributed by atoms with E-state index in [0.29, 0.717) is 30.0 Å². The number of aromatic nitrogens is 1. The van der Waals surface area contributed by atoms with Crippen LogP contribution < -0.4 is 10.5 Å². The maximum Gasteiger partial charge on any atom is 0.341 e. The summed E-state index contributed by atoms with van der Waals surface area (Å²) < 4.78 is 35.2. The number of fused-ring (bicyclic) bond motifs is 1. The zero-order chi connectivity index (χ0) is 30.9. The Morgan fingerprint density at radius 3 is 2.44 bits per heavy atom. The number of hydrogen-bond donors (Lipinski definition) is 2. The fraction of sp³-hybridized carbons (Fsp3) is 0.333. The van der Waals surface area contributed by atoms with Crippen LogP contribution in [0.5, 0.6) is 11.5 Å². The average Bonchev–Trinajstić information content (AvgIpc) is 3.49. The molecule has 4 aromatic rings. The molecule has 0 spiro atoms. The molecule has 1 aliphatic rings. The number of H-pyrrole nitrogens is 1. The maximum atomic E-state index is 14.2.